The predicted octanol–water partition coefficient (Wildman–Crippen LogP) is 7.59. The Balaban J connectivity index is 1.05. The summed E-state index contributed by atoms with van der Waals surface area (Å²) in [6, 6.07) is 30.9. The lowest BCUT2D eigenvalue weighted by molar-refractivity contribution is -0.253. The van der Waals surface area contributed by atoms with Gasteiger partial charge in [0.2, 0.25) is 11.8 Å². The van der Waals surface area contributed by atoms with Crippen LogP contribution in [0.2, 0.25) is 0 Å². The van der Waals surface area contributed by atoms with Crippen LogP contribution in [-0.2, 0) is 41.7 Å². The number of nitrogens with two attached hydrogens (primary N) is 1. The summed E-state index contributed by atoms with van der Waals surface area (Å²) in [6.07, 6.45) is 3.10. The summed E-state index contributed by atoms with van der Waals surface area (Å²) in [5, 5.41) is 15.4. The second-order valence-corrected chi connectivity index (χ2v) is 16.0. The minimum absolute atomic E-state index is 0.0271. The highest BCUT2D eigenvalue weighted by Gasteiger charge is 2.39. The van der Waals surface area contributed by atoms with Crippen LogP contribution in [0.1, 0.15) is 100 Å². The molecule has 57 heavy (non-hydrogen) atoms. The van der Waals surface area contributed by atoms with Crippen molar-refractivity contribution >= 4 is 29.2 Å². The summed E-state index contributed by atoms with van der Waals surface area (Å²) in [5.74, 6) is -0.370. The van der Waals surface area contributed by atoms with Crippen LogP contribution in [0.15, 0.2) is 97.1 Å². The SMILES string of the molecule is CC(C)(C)OC(=O)[C@@H]1CCCN1C[C@H]1C[C@@H](c2ccc(CO)cc2)O[C@@H](c2ccc(-c3cccc(CNC(=O)CCCCC(=O)Nc4ccccc4N)c3)cc2)O1. The molecule has 11 heteroatoms. The molecular weight excluding hydrogens is 721 g/mol. The molecule has 2 aliphatic rings. The van der Waals surface area contributed by atoms with E-state index in [9.17, 15) is 19.5 Å². The van der Waals surface area contributed by atoms with Gasteiger partial charge < -0.3 is 35.7 Å². The minimum Gasteiger partial charge on any atom is -0.459 e. The number of carbonyl (C=O) groups excluding carboxylic acids is 3. The number of hydrogen-bond acceptors (Lipinski definition) is 9. The van der Waals surface area contributed by atoms with Gasteiger partial charge in [-0.15, -0.1) is 0 Å². The number of aliphatic hydroxyl groups excluding tert-OH is 1. The molecule has 0 aliphatic carbocycles. The number of unbranched alkanes of at least 4 members (excludes halogenated alkanes) is 1. The Hall–Kier alpha value is -5.07. The smallest absolute Gasteiger partial charge is 0.323 e. The molecule has 4 atom stereocenters. The second-order valence-electron chi connectivity index (χ2n) is 16.0. The number of aliphatic hydroxyl groups is 1. The molecule has 2 aliphatic heterocycles. The van der Waals surface area contributed by atoms with Gasteiger partial charge in [0, 0.05) is 37.9 Å². The zero-order valence-electron chi connectivity index (χ0n) is 33.2. The Kier molecular flexibility index (Phi) is 14.1. The Bertz CT molecular complexity index is 1960. The van der Waals surface area contributed by atoms with Crippen LogP contribution >= 0.6 is 0 Å². The third-order valence-electron chi connectivity index (χ3n) is 10.3. The lowest BCUT2D eigenvalue weighted by atomic mass is 9.98. The van der Waals surface area contributed by atoms with Crippen LogP contribution in [0, 0.1) is 0 Å². The van der Waals surface area contributed by atoms with Crippen molar-refractivity contribution in [3.63, 3.8) is 0 Å². The molecular formula is C46H56N4O7. The third-order valence-corrected chi connectivity index (χ3v) is 10.3. The number of para-hydroxylation sites is 2. The summed E-state index contributed by atoms with van der Waals surface area (Å²) >= 11 is 0. The molecule has 0 unspecified atom stereocenters. The monoisotopic (exact) mass is 776 g/mol. The van der Waals surface area contributed by atoms with Gasteiger partial charge in [-0.25, -0.2) is 0 Å². The standard InChI is InChI=1S/C46H56N4O7/c1-46(2,3)57-44(54)40-14-9-25-50(40)29-37-27-41(34-19-17-31(30-51)18-20-34)56-45(55-37)35-23-21-33(22-24-35)36-11-8-10-32(26-36)28-48-42(52)15-6-7-16-43(53)49-39-13-5-4-12-38(39)47/h4-5,8,10-13,17-24,26,37,40-41,45,51H,6-7,9,14-16,25,27-30,47H2,1-3H3,(H,48,52)(H,49,53)/t37-,40+,41+,45+/m1/s1. The molecule has 0 bridgehead atoms. The summed E-state index contributed by atoms with van der Waals surface area (Å²) in [5.41, 5.74) is 12.2. The zero-order valence-corrected chi connectivity index (χ0v) is 33.2. The first kappa shape index (κ1) is 41.6. The zero-order chi connectivity index (χ0) is 40.4. The van der Waals surface area contributed by atoms with Gasteiger partial charge in [-0.05, 0) is 99.0 Å². The van der Waals surface area contributed by atoms with Gasteiger partial charge in [-0.1, -0.05) is 78.9 Å². The van der Waals surface area contributed by atoms with Crippen molar-refractivity contribution in [2.75, 3.05) is 24.1 Å². The van der Waals surface area contributed by atoms with E-state index in [0.29, 0.717) is 56.6 Å². The topological polar surface area (TPSA) is 152 Å². The fourth-order valence-corrected chi connectivity index (χ4v) is 7.35. The molecule has 0 saturated carbocycles. The number of likely N-dealkylation sites (tertiary alicyclic amines) is 1. The first-order chi connectivity index (χ1) is 27.4. The molecule has 2 amide bonds. The second kappa shape index (κ2) is 19.4. The summed E-state index contributed by atoms with van der Waals surface area (Å²) < 4.78 is 19.0. The fourth-order valence-electron chi connectivity index (χ4n) is 7.35. The van der Waals surface area contributed by atoms with Crippen LogP contribution in [0.3, 0.4) is 0 Å². The van der Waals surface area contributed by atoms with Crippen LogP contribution in [0.5, 0.6) is 0 Å². The Labute approximate surface area is 335 Å². The number of esters is 1. The maximum Gasteiger partial charge on any atom is 0.323 e. The minimum atomic E-state index is -0.624. The Morgan fingerprint density at radius 2 is 1.56 bits per heavy atom. The number of hydrogen-bond donors (Lipinski definition) is 4. The van der Waals surface area contributed by atoms with Gasteiger partial charge in [-0.3, -0.25) is 19.3 Å². The van der Waals surface area contributed by atoms with E-state index in [1.54, 1.807) is 12.1 Å². The first-order valence-electron chi connectivity index (χ1n) is 20.0. The van der Waals surface area contributed by atoms with E-state index in [1.807, 2.05) is 87.5 Å². The molecule has 302 valence electrons. The van der Waals surface area contributed by atoms with Crippen molar-refractivity contribution < 1.29 is 33.7 Å². The van der Waals surface area contributed by atoms with Gasteiger partial charge in [0.25, 0.3) is 0 Å². The summed E-state index contributed by atoms with van der Waals surface area (Å²) in [4.78, 5) is 40.2. The van der Waals surface area contributed by atoms with Gasteiger partial charge in [0.1, 0.15) is 11.6 Å². The van der Waals surface area contributed by atoms with Crippen molar-refractivity contribution in [1.82, 2.24) is 10.2 Å². The summed E-state index contributed by atoms with van der Waals surface area (Å²) in [6.45, 7) is 7.44. The number of nitrogens with one attached hydrogen (secondary N) is 2. The highest BCUT2D eigenvalue weighted by molar-refractivity contribution is 5.93. The molecule has 5 N–H and O–H groups in total. The van der Waals surface area contributed by atoms with Crippen molar-refractivity contribution in [2.45, 2.75) is 109 Å². The molecule has 2 fully saturated rings. The first-order valence-corrected chi connectivity index (χ1v) is 20.0. The van der Waals surface area contributed by atoms with Crippen molar-refractivity contribution in [1.29, 1.82) is 0 Å². The van der Waals surface area contributed by atoms with Crippen molar-refractivity contribution in [3.05, 3.63) is 119 Å². The van der Waals surface area contributed by atoms with E-state index in [-0.39, 0.29) is 42.6 Å². The van der Waals surface area contributed by atoms with Crippen LogP contribution < -0.4 is 16.4 Å². The third kappa shape index (κ3) is 12.0. The van der Waals surface area contributed by atoms with E-state index in [2.05, 4.69) is 33.7 Å². The maximum absolute atomic E-state index is 13.1. The van der Waals surface area contributed by atoms with Crippen LogP contribution in [-0.4, -0.2) is 58.6 Å². The average Bonchev–Trinajstić information content (AvgIpc) is 3.67. The van der Waals surface area contributed by atoms with E-state index < -0.39 is 11.9 Å². The predicted molar refractivity (Wildman–Crippen MR) is 221 cm³/mol. The Morgan fingerprint density at radius 3 is 2.28 bits per heavy atom. The molecule has 0 aromatic heterocycles. The number of ether oxygens (including phenoxy) is 3. The molecule has 2 heterocycles. The van der Waals surface area contributed by atoms with Gasteiger partial charge in [-0.2, -0.15) is 0 Å². The molecule has 0 spiro atoms. The molecule has 4 aromatic carbocycles. The van der Waals surface area contributed by atoms with E-state index in [0.717, 1.165) is 52.8 Å². The number of benzene rings is 4. The van der Waals surface area contributed by atoms with E-state index in [1.165, 1.54) is 0 Å². The molecule has 11 nitrogen and oxygen atoms in total. The normalized spacial score (nSPS) is 19.9. The maximum atomic E-state index is 13.1. The summed E-state index contributed by atoms with van der Waals surface area (Å²) in [7, 11) is 0. The van der Waals surface area contributed by atoms with Crippen molar-refractivity contribution in [3.8, 4) is 11.1 Å². The number of carbonyl (C=O) groups is 3. The largest absolute Gasteiger partial charge is 0.459 e. The van der Waals surface area contributed by atoms with Gasteiger partial charge in [0.15, 0.2) is 6.29 Å². The quantitative estimate of drug-likeness (QED) is 0.0544. The number of rotatable bonds is 15. The van der Waals surface area contributed by atoms with Gasteiger partial charge >= 0.3 is 5.97 Å². The van der Waals surface area contributed by atoms with Crippen LogP contribution in [0.25, 0.3) is 11.1 Å². The average molecular weight is 777 g/mol. The Morgan fingerprint density at radius 1 is 0.842 bits per heavy atom. The molecule has 4 aromatic rings. The van der Waals surface area contributed by atoms with Crippen LogP contribution in [0.4, 0.5) is 11.4 Å². The van der Waals surface area contributed by atoms with E-state index in [4.69, 9.17) is 19.9 Å². The molecule has 6 rings (SSSR count). The molecule has 0 radical (unpaired) electrons. The number of amides is 2. The highest BCUT2D eigenvalue weighted by Crippen LogP contribution is 2.39. The fraction of sp³-hybridized carbons (Fsp3) is 0.413. The molecule has 2 saturated heterocycles. The number of nitrogen functional groups attached to an aromatic ring is 1. The number of nitrogens with zero attached hydrogens (tertiary/aromatic N) is 1. The lowest BCUT2D eigenvalue weighted by Crippen LogP contribution is -2.45. The highest BCUT2D eigenvalue weighted by atomic mass is 16.7. The van der Waals surface area contributed by atoms with E-state index >= 15 is 0 Å². The van der Waals surface area contributed by atoms with Crippen molar-refractivity contribution in [2.24, 2.45) is 0 Å². The number of anilines is 2. The van der Waals surface area contributed by atoms with Gasteiger partial charge in [0.05, 0.1) is 30.2 Å². The lowest BCUT2D eigenvalue weighted by Gasteiger charge is -2.38.